The van der Waals surface area contributed by atoms with Crippen LogP contribution in [-0.2, 0) is 0 Å². The fourth-order valence-corrected chi connectivity index (χ4v) is 2.74. The van der Waals surface area contributed by atoms with Crippen molar-refractivity contribution in [1.29, 1.82) is 0 Å². The van der Waals surface area contributed by atoms with Crippen LogP contribution >= 0.6 is 0 Å². The number of para-hydroxylation sites is 1. The van der Waals surface area contributed by atoms with E-state index in [1.807, 2.05) is 18.2 Å². The Hall–Kier alpha value is -2.89. The smallest absolute Gasteiger partial charge is 0.273 e. The Morgan fingerprint density at radius 1 is 1.16 bits per heavy atom. The summed E-state index contributed by atoms with van der Waals surface area (Å²) in [5.41, 5.74) is 1.87. The van der Waals surface area contributed by atoms with Crippen LogP contribution in [0, 0.1) is 17.0 Å². The summed E-state index contributed by atoms with van der Waals surface area (Å²) in [6.07, 6.45) is 0.794. The largest absolute Gasteiger partial charge is 0.372 e. The van der Waals surface area contributed by atoms with Gasteiger partial charge in [-0.3, -0.25) is 14.9 Å². The molecule has 0 aliphatic rings. The lowest BCUT2D eigenvalue weighted by molar-refractivity contribution is -0.385. The minimum Gasteiger partial charge on any atom is -0.372 e. The number of nitro benzene ring substituents is 1. The maximum atomic E-state index is 12.3. The maximum Gasteiger partial charge on any atom is 0.273 e. The van der Waals surface area contributed by atoms with Crippen molar-refractivity contribution in [3.05, 3.63) is 69.8 Å². The third-order valence-corrected chi connectivity index (χ3v) is 4.14. The van der Waals surface area contributed by atoms with Crippen LogP contribution in [0.5, 0.6) is 0 Å². The lowest BCUT2D eigenvalue weighted by Gasteiger charge is -2.23. The molecular weight excluding hydrogens is 318 g/mol. The van der Waals surface area contributed by atoms with Crippen molar-refractivity contribution in [2.75, 3.05) is 24.5 Å². The second-order valence-corrected chi connectivity index (χ2v) is 5.73. The third kappa shape index (κ3) is 4.79. The Balaban J connectivity index is 1.89. The lowest BCUT2D eigenvalue weighted by Crippen LogP contribution is -2.30. The number of amides is 1. The molecule has 6 nitrogen and oxygen atoms in total. The summed E-state index contributed by atoms with van der Waals surface area (Å²) < 4.78 is 0. The van der Waals surface area contributed by atoms with Crippen molar-refractivity contribution in [3.63, 3.8) is 0 Å². The lowest BCUT2D eigenvalue weighted by atomic mass is 10.1. The number of nitrogens with one attached hydrogen (secondary N) is 1. The second kappa shape index (κ2) is 8.82. The molecule has 0 aliphatic heterocycles. The van der Waals surface area contributed by atoms with Gasteiger partial charge >= 0.3 is 0 Å². The number of nitrogens with zero attached hydrogens (tertiary/aromatic N) is 2. The van der Waals surface area contributed by atoms with E-state index in [0.29, 0.717) is 17.7 Å². The Bertz CT molecular complexity index is 732. The SMILES string of the molecule is CCN(CCCNC(=O)c1cccc([N+](=O)[O-])c1C)c1ccccc1. The molecule has 6 heteroatoms. The first-order valence-electron chi connectivity index (χ1n) is 8.36. The molecule has 25 heavy (non-hydrogen) atoms. The zero-order chi connectivity index (χ0) is 18.2. The molecule has 0 fully saturated rings. The Labute approximate surface area is 147 Å². The van der Waals surface area contributed by atoms with E-state index >= 15 is 0 Å². The van der Waals surface area contributed by atoms with E-state index in [0.717, 1.165) is 25.2 Å². The zero-order valence-electron chi connectivity index (χ0n) is 14.6. The summed E-state index contributed by atoms with van der Waals surface area (Å²) >= 11 is 0. The number of hydrogen-bond donors (Lipinski definition) is 1. The molecular formula is C19H23N3O3. The van der Waals surface area contributed by atoms with E-state index in [1.165, 1.54) is 12.1 Å². The second-order valence-electron chi connectivity index (χ2n) is 5.73. The number of rotatable bonds is 8. The number of anilines is 1. The summed E-state index contributed by atoms with van der Waals surface area (Å²) in [5, 5.41) is 13.8. The molecule has 0 heterocycles. The topological polar surface area (TPSA) is 75.5 Å². The highest BCUT2D eigenvalue weighted by Gasteiger charge is 2.17. The average Bonchev–Trinajstić information content (AvgIpc) is 2.62. The molecule has 0 bridgehead atoms. The molecule has 0 radical (unpaired) electrons. The summed E-state index contributed by atoms with van der Waals surface area (Å²) in [7, 11) is 0. The van der Waals surface area contributed by atoms with E-state index in [2.05, 4.69) is 29.3 Å². The maximum absolute atomic E-state index is 12.3. The number of carbonyl (C=O) groups is 1. The van der Waals surface area contributed by atoms with Crippen LogP contribution in [0.4, 0.5) is 11.4 Å². The van der Waals surface area contributed by atoms with Crippen molar-refractivity contribution < 1.29 is 9.72 Å². The fourth-order valence-electron chi connectivity index (χ4n) is 2.74. The van der Waals surface area contributed by atoms with Crippen molar-refractivity contribution in [2.45, 2.75) is 20.3 Å². The molecule has 0 saturated heterocycles. The number of hydrogen-bond acceptors (Lipinski definition) is 4. The van der Waals surface area contributed by atoms with E-state index in [-0.39, 0.29) is 11.6 Å². The van der Waals surface area contributed by atoms with Gasteiger partial charge in [-0.05, 0) is 38.5 Å². The molecule has 0 unspecified atom stereocenters. The van der Waals surface area contributed by atoms with E-state index < -0.39 is 4.92 Å². The van der Waals surface area contributed by atoms with Gasteiger partial charge in [0, 0.05) is 42.5 Å². The van der Waals surface area contributed by atoms with Crippen LogP contribution < -0.4 is 10.2 Å². The quantitative estimate of drug-likeness (QED) is 0.453. The Morgan fingerprint density at radius 2 is 1.88 bits per heavy atom. The molecule has 132 valence electrons. The zero-order valence-corrected chi connectivity index (χ0v) is 14.6. The standard InChI is InChI=1S/C19H23N3O3/c1-3-21(16-9-5-4-6-10-16)14-8-13-20-19(23)17-11-7-12-18(15(17)2)22(24)25/h4-7,9-12H,3,8,13-14H2,1-2H3,(H,20,23). The van der Waals surface area contributed by atoms with Crippen LogP contribution in [0.1, 0.15) is 29.3 Å². The minimum atomic E-state index is -0.467. The fraction of sp³-hybridized carbons (Fsp3) is 0.316. The molecule has 1 N–H and O–H groups in total. The van der Waals surface area contributed by atoms with Gasteiger partial charge in [-0.15, -0.1) is 0 Å². The highest BCUT2D eigenvalue weighted by Crippen LogP contribution is 2.21. The summed E-state index contributed by atoms with van der Waals surface area (Å²) in [6.45, 7) is 5.93. The van der Waals surface area contributed by atoms with Gasteiger partial charge in [0.25, 0.3) is 11.6 Å². The first-order chi connectivity index (χ1) is 12.0. The van der Waals surface area contributed by atoms with Crippen molar-refractivity contribution in [2.24, 2.45) is 0 Å². The van der Waals surface area contributed by atoms with Crippen LogP contribution in [0.25, 0.3) is 0 Å². The number of carbonyl (C=O) groups excluding carboxylic acids is 1. The van der Waals surface area contributed by atoms with E-state index in [9.17, 15) is 14.9 Å². The van der Waals surface area contributed by atoms with Crippen LogP contribution in [-0.4, -0.2) is 30.5 Å². The van der Waals surface area contributed by atoms with E-state index in [4.69, 9.17) is 0 Å². The normalized spacial score (nSPS) is 10.3. The minimum absolute atomic E-state index is 0.0334. The van der Waals surface area contributed by atoms with Gasteiger partial charge in [0.05, 0.1) is 4.92 Å². The Kier molecular flexibility index (Phi) is 6.51. The number of nitro groups is 1. The van der Waals surface area contributed by atoms with Crippen LogP contribution in [0.3, 0.4) is 0 Å². The molecule has 0 spiro atoms. The molecule has 2 aromatic carbocycles. The van der Waals surface area contributed by atoms with Crippen LogP contribution in [0.2, 0.25) is 0 Å². The van der Waals surface area contributed by atoms with Crippen LogP contribution in [0.15, 0.2) is 48.5 Å². The first kappa shape index (κ1) is 18.4. The molecule has 0 saturated carbocycles. The molecule has 0 aliphatic carbocycles. The van der Waals surface area contributed by atoms with Gasteiger partial charge in [-0.1, -0.05) is 24.3 Å². The predicted molar refractivity (Wildman–Crippen MR) is 99.1 cm³/mol. The summed E-state index contributed by atoms with van der Waals surface area (Å²) in [5.74, 6) is -0.274. The summed E-state index contributed by atoms with van der Waals surface area (Å²) in [4.78, 5) is 25.0. The molecule has 2 rings (SSSR count). The van der Waals surface area contributed by atoms with Crippen molar-refractivity contribution in [3.8, 4) is 0 Å². The van der Waals surface area contributed by atoms with Gasteiger partial charge in [0.2, 0.25) is 0 Å². The summed E-state index contributed by atoms with van der Waals surface area (Å²) in [6, 6.07) is 14.7. The molecule has 1 amide bonds. The first-order valence-corrected chi connectivity index (χ1v) is 8.36. The average molecular weight is 341 g/mol. The monoisotopic (exact) mass is 341 g/mol. The molecule has 0 aromatic heterocycles. The Morgan fingerprint density at radius 3 is 2.52 bits per heavy atom. The highest BCUT2D eigenvalue weighted by molar-refractivity contribution is 5.96. The van der Waals surface area contributed by atoms with Gasteiger partial charge in [0.15, 0.2) is 0 Å². The van der Waals surface area contributed by atoms with Crippen molar-refractivity contribution >= 4 is 17.3 Å². The van der Waals surface area contributed by atoms with Gasteiger partial charge in [0.1, 0.15) is 0 Å². The third-order valence-electron chi connectivity index (χ3n) is 4.14. The predicted octanol–water partition coefficient (Wildman–Crippen LogP) is 3.55. The van der Waals surface area contributed by atoms with Crippen molar-refractivity contribution in [1.82, 2.24) is 5.32 Å². The molecule has 2 aromatic rings. The van der Waals surface area contributed by atoms with Gasteiger partial charge < -0.3 is 10.2 Å². The van der Waals surface area contributed by atoms with Gasteiger partial charge in [-0.2, -0.15) is 0 Å². The highest BCUT2D eigenvalue weighted by atomic mass is 16.6. The number of benzene rings is 2. The van der Waals surface area contributed by atoms with Gasteiger partial charge in [-0.25, -0.2) is 0 Å². The molecule has 0 atom stereocenters. The van der Waals surface area contributed by atoms with E-state index in [1.54, 1.807) is 13.0 Å².